The summed E-state index contributed by atoms with van der Waals surface area (Å²) in [5, 5.41) is 2.87. The first kappa shape index (κ1) is 14.2. The van der Waals surface area contributed by atoms with Gasteiger partial charge in [0.15, 0.2) is 5.76 Å². The highest BCUT2D eigenvalue weighted by molar-refractivity contribution is 7.99. The third kappa shape index (κ3) is 3.89. The molecule has 1 amide bonds. The molecule has 0 atom stereocenters. The molecule has 1 aliphatic rings. The summed E-state index contributed by atoms with van der Waals surface area (Å²) in [7, 11) is 0. The molecule has 0 saturated carbocycles. The van der Waals surface area contributed by atoms with Gasteiger partial charge in [-0.25, -0.2) is 0 Å². The number of benzene rings is 1. The molecule has 1 aliphatic heterocycles. The molecule has 0 unspecified atom stereocenters. The van der Waals surface area contributed by atoms with Crippen molar-refractivity contribution in [1.82, 2.24) is 4.90 Å². The maximum atomic E-state index is 12.0. The standard InChI is InChI=1S/C16H18N2O2S/c19-16(15-5-2-8-20-15)17-14-4-1-3-13(11-14)12-18-6-9-21-10-7-18/h1-5,8,11H,6-7,9-10,12H2,(H,17,19). The van der Waals surface area contributed by atoms with E-state index in [0.29, 0.717) is 5.76 Å². The minimum absolute atomic E-state index is 0.216. The Hall–Kier alpha value is -1.72. The van der Waals surface area contributed by atoms with Crippen LogP contribution in [0.5, 0.6) is 0 Å². The molecule has 2 aromatic rings. The van der Waals surface area contributed by atoms with Gasteiger partial charge in [0, 0.05) is 36.8 Å². The SMILES string of the molecule is O=C(Nc1cccc(CN2CCSCC2)c1)c1ccco1. The maximum absolute atomic E-state index is 12.0. The van der Waals surface area contributed by atoms with Crippen LogP contribution in [0.25, 0.3) is 0 Å². The zero-order chi connectivity index (χ0) is 14.5. The minimum Gasteiger partial charge on any atom is -0.459 e. The number of rotatable bonds is 4. The van der Waals surface area contributed by atoms with Crippen molar-refractivity contribution in [2.75, 3.05) is 29.9 Å². The average Bonchev–Trinajstić information content (AvgIpc) is 3.03. The van der Waals surface area contributed by atoms with Crippen molar-refractivity contribution in [3.05, 3.63) is 54.0 Å². The summed E-state index contributed by atoms with van der Waals surface area (Å²) >= 11 is 2.01. The van der Waals surface area contributed by atoms with Gasteiger partial charge in [-0.05, 0) is 29.8 Å². The van der Waals surface area contributed by atoms with Gasteiger partial charge in [-0.15, -0.1) is 0 Å². The fraction of sp³-hybridized carbons (Fsp3) is 0.312. The van der Waals surface area contributed by atoms with Gasteiger partial charge in [0.05, 0.1) is 6.26 Å². The highest BCUT2D eigenvalue weighted by atomic mass is 32.2. The molecule has 0 radical (unpaired) electrons. The van der Waals surface area contributed by atoms with Crippen LogP contribution in [-0.4, -0.2) is 35.4 Å². The predicted molar refractivity (Wildman–Crippen MR) is 85.7 cm³/mol. The number of hydrogen-bond donors (Lipinski definition) is 1. The van der Waals surface area contributed by atoms with E-state index in [4.69, 9.17) is 4.42 Å². The molecule has 1 N–H and O–H groups in total. The quantitative estimate of drug-likeness (QED) is 0.943. The number of nitrogens with zero attached hydrogens (tertiary/aromatic N) is 1. The Morgan fingerprint density at radius 1 is 1.24 bits per heavy atom. The highest BCUT2D eigenvalue weighted by Gasteiger charge is 2.12. The molecule has 1 fully saturated rings. The first-order valence-corrected chi connectivity index (χ1v) is 8.20. The molecule has 1 aromatic carbocycles. The van der Waals surface area contributed by atoms with Crippen LogP contribution in [0, 0.1) is 0 Å². The van der Waals surface area contributed by atoms with Crippen LogP contribution in [-0.2, 0) is 6.54 Å². The fourth-order valence-electron chi connectivity index (χ4n) is 2.37. The zero-order valence-corrected chi connectivity index (χ0v) is 12.6. The number of carbonyl (C=O) groups excluding carboxylic acids is 1. The normalized spacial score (nSPS) is 15.8. The van der Waals surface area contributed by atoms with Gasteiger partial charge >= 0.3 is 0 Å². The molecule has 1 aromatic heterocycles. The lowest BCUT2D eigenvalue weighted by molar-refractivity contribution is 0.0996. The lowest BCUT2D eigenvalue weighted by Crippen LogP contribution is -2.31. The topological polar surface area (TPSA) is 45.5 Å². The fourth-order valence-corrected chi connectivity index (χ4v) is 3.34. The molecule has 1 saturated heterocycles. The second-order valence-electron chi connectivity index (χ2n) is 5.02. The monoisotopic (exact) mass is 302 g/mol. The van der Waals surface area contributed by atoms with Crippen LogP contribution in [0.3, 0.4) is 0 Å². The van der Waals surface area contributed by atoms with Crippen molar-refractivity contribution < 1.29 is 9.21 Å². The van der Waals surface area contributed by atoms with Gasteiger partial charge in [-0.1, -0.05) is 12.1 Å². The number of nitrogens with one attached hydrogen (secondary N) is 1. The van der Waals surface area contributed by atoms with Gasteiger partial charge in [0.25, 0.3) is 5.91 Å². The van der Waals surface area contributed by atoms with Crippen molar-refractivity contribution >= 4 is 23.4 Å². The lowest BCUT2D eigenvalue weighted by atomic mass is 10.2. The van der Waals surface area contributed by atoms with Crippen LogP contribution < -0.4 is 5.32 Å². The Morgan fingerprint density at radius 2 is 2.10 bits per heavy atom. The number of furan rings is 1. The Bertz CT molecular complexity index is 592. The van der Waals surface area contributed by atoms with Gasteiger partial charge in [0.2, 0.25) is 0 Å². The second-order valence-corrected chi connectivity index (χ2v) is 6.25. The first-order valence-electron chi connectivity index (χ1n) is 7.05. The molecule has 3 rings (SSSR count). The van der Waals surface area contributed by atoms with E-state index in [9.17, 15) is 4.79 Å². The average molecular weight is 302 g/mol. The van der Waals surface area contributed by atoms with Crippen molar-refractivity contribution in [3.63, 3.8) is 0 Å². The first-order chi connectivity index (χ1) is 10.3. The molecule has 21 heavy (non-hydrogen) atoms. The third-order valence-electron chi connectivity index (χ3n) is 3.44. The summed E-state index contributed by atoms with van der Waals surface area (Å²) < 4.78 is 5.10. The van der Waals surface area contributed by atoms with E-state index in [0.717, 1.165) is 25.3 Å². The third-order valence-corrected chi connectivity index (χ3v) is 4.38. The van der Waals surface area contributed by atoms with E-state index in [-0.39, 0.29) is 5.91 Å². The van der Waals surface area contributed by atoms with Crippen LogP contribution in [0.1, 0.15) is 16.1 Å². The van der Waals surface area contributed by atoms with Crippen molar-refractivity contribution in [3.8, 4) is 0 Å². The lowest BCUT2D eigenvalue weighted by Gasteiger charge is -2.26. The van der Waals surface area contributed by atoms with Crippen molar-refractivity contribution in [2.24, 2.45) is 0 Å². The number of thioether (sulfide) groups is 1. The van der Waals surface area contributed by atoms with Crippen LogP contribution in [0.4, 0.5) is 5.69 Å². The summed E-state index contributed by atoms with van der Waals surface area (Å²) in [4.78, 5) is 14.4. The number of anilines is 1. The Kier molecular flexibility index (Phi) is 4.62. The van der Waals surface area contributed by atoms with Gasteiger partial charge in [-0.2, -0.15) is 11.8 Å². The van der Waals surface area contributed by atoms with E-state index < -0.39 is 0 Å². The summed E-state index contributed by atoms with van der Waals surface area (Å²) in [6.45, 7) is 3.20. The van der Waals surface area contributed by atoms with E-state index in [1.165, 1.54) is 23.3 Å². The Balaban J connectivity index is 1.64. The molecule has 110 valence electrons. The summed E-state index contributed by atoms with van der Waals surface area (Å²) in [5.41, 5.74) is 2.03. The number of amides is 1. The second kappa shape index (κ2) is 6.83. The molecule has 0 bridgehead atoms. The Morgan fingerprint density at radius 3 is 2.86 bits per heavy atom. The van der Waals surface area contributed by atoms with Crippen molar-refractivity contribution in [2.45, 2.75) is 6.54 Å². The molecular formula is C16H18N2O2S. The Labute approximate surface area is 128 Å². The molecule has 5 heteroatoms. The summed E-state index contributed by atoms with van der Waals surface area (Å²) in [5.74, 6) is 2.52. The number of hydrogen-bond acceptors (Lipinski definition) is 4. The zero-order valence-electron chi connectivity index (χ0n) is 11.7. The maximum Gasteiger partial charge on any atom is 0.291 e. The van der Waals surface area contributed by atoms with E-state index >= 15 is 0 Å². The minimum atomic E-state index is -0.216. The van der Waals surface area contributed by atoms with E-state index in [2.05, 4.69) is 16.3 Å². The van der Waals surface area contributed by atoms with Gasteiger partial charge in [0.1, 0.15) is 0 Å². The summed E-state index contributed by atoms with van der Waals surface area (Å²) in [6, 6.07) is 11.4. The van der Waals surface area contributed by atoms with Gasteiger partial charge < -0.3 is 9.73 Å². The smallest absolute Gasteiger partial charge is 0.291 e. The van der Waals surface area contributed by atoms with E-state index in [1.54, 1.807) is 12.1 Å². The summed E-state index contributed by atoms with van der Waals surface area (Å²) in [6.07, 6.45) is 1.50. The predicted octanol–water partition coefficient (Wildman–Crippen LogP) is 3.08. The molecule has 2 heterocycles. The molecule has 0 spiro atoms. The van der Waals surface area contributed by atoms with E-state index in [1.807, 2.05) is 30.0 Å². The van der Waals surface area contributed by atoms with Crippen LogP contribution in [0.2, 0.25) is 0 Å². The largest absolute Gasteiger partial charge is 0.459 e. The molecule has 0 aliphatic carbocycles. The van der Waals surface area contributed by atoms with Crippen LogP contribution >= 0.6 is 11.8 Å². The van der Waals surface area contributed by atoms with Gasteiger partial charge in [-0.3, -0.25) is 9.69 Å². The highest BCUT2D eigenvalue weighted by Crippen LogP contribution is 2.16. The van der Waals surface area contributed by atoms with Crippen LogP contribution in [0.15, 0.2) is 47.1 Å². The van der Waals surface area contributed by atoms with Crippen molar-refractivity contribution in [1.29, 1.82) is 0 Å². The number of carbonyl (C=O) groups is 1. The molecule has 4 nitrogen and oxygen atoms in total. The molecular weight excluding hydrogens is 284 g/mol.